The average molecular weight is 392 g/mol. The van der Waals surface area contributed by atoms with E-state index in [9.17, 15) is 4.79 Å². The van der Waals surface area contributed by atoms with Crippen molar-refractivity contribution >= 4 is 40.1 Å². The molecule has 2 aromatic rings. The molecule has 1 aromatic heterocycles. The minimum atomic E-state index is -0.258. The van der Waals surface area contributed by atoms with Gasteiger partial charge in [0.1, 0.15) is 11.6 Å². The maximum atomic E-state index is 12.1. The first kappa shape index (κ1) is 14.1. The molecule has 0 atom stereocenters. The number of aromatic nitrogens is 2. The van der Waals surface area contributed by atoms with Crippen molar-refractivity contribution in [2.24, 2.45) is 0 Å². The van der Waals surface area contributed by atoms with E-state index in [1.807, 2.05) is 0 Å². The molecular weight excluding hydrogens is 381 g/mol. The summed E-state index contributed by atoms with van der Waals surface area (Å²) in [7, 11) is 1.52. The van der Waals surface area contributed by atoms with Crippen LogP contribution in [0.5, 0.6) is 5.75 Å². The highest BCUT2D eigenvalue weighted by molar-refractivity contribution is 14.1. The zero-order chi connectivity index (χ0) is 13.8. The van der Waals surface area contributed by atoms with Crippen LogP contribution in [0.25, 0.3) is 0 Å². The van der Waals surface area contributed by atoms with Crippen molar-refractivity contribution in [1.82, 2.24) is 15.3 Å². The highest BCUT2D eigenvalue weighted by Gasteiger charge is 2.15. The Bertz CT molecular complexity index is 587. The Morgan fingerprint density at radius 1 is 1.58 bits per heavy atom. The van der Waals surface area contributed by atoms with Crippen molar-refractivity contribution in [3.8, 4) is 5.75 Å². The molecule has 0 aliphatic carbocycles. The van der Waals surface area contributed by atoms with Crippen molar-refractivity contribution < 1.29 is 9.53 Å². The van der Waals surface area contributed by atoms with Gasteiger partial charge in [-0.2, -0.15) is 0 Å². The number of H-pyrrole nitrogens is 1. The maximum absolute atomic E-state index is 12.1. The number of aromatic amines is 1. The number of nitrogens with zero attached hydrogens (tertiary/aromatic N) is 1. The van der Waals surface area contributed by atoms with Crippen LogP contribution in [0.3, 0.4) is 0 Å². The average Bonchev–Trinajstić information content (AvgIpc) is 2.91. The van der Waals surface area contributed by atoms with E-state index in [-0.39, 0.29) is 5.91 Å². The van der Waals surface area contributed by atoms with E-state index in [4.69, 9.17) is 16.3 Å². The molecular formula is C12H11ClIN3O2. The molecule has 5 nitrogen and oxygen atoms in total. The summed E-state index contributed by atoms with van der Waals surface area (Å²) in [5, 5.41) is 3.27. The second kappa shape index (κ2) is 6.25. The Kier molecular flexibility index (Phi) is 4.65. The van der Waals surface area contributed by atoms with Crippen molar-refractivity contribution in [1.29, 1.82) is 0 Å². The first-order valence-corrected chi connectivity index (χ1v) is 6.87. The van der Waals surface area contributed by atoms with Crippen LogP contribution in [0.4, 0.5) is 0 Å². The summed E-state index contributed by atoms with van der Waals surface area (Å²) in [6.45, 7) is 0.318. The number of ether oxygens (including phenoxy) is 1. The molecule has 0 saturated heterocycles. The predicted octanol–water partition coefficient (Wildman–Crippen LogP) is 2.61. The Morgan fingerprint density at radius 3 is 3.00 bits per heavy atom. The summed E-state index contributed by atoms with van der Waals surface area (Å²) >= 11 is 8.11. The molecule has 0 bridgehead atoms. The quantitative estimate of drug-likeness (QED) is 0.788. The molecule has 0 aliphatic rings. The summed E-state index contributed by atoms with van der Waals surface area (Å²) in [4.78, 5) is 19.0. The molecule has 1 aromatic carbocycles. The van der Waals surface area contributed by atoms with Gasteiger partial charge in [0, 0.05) is 16.0 Å². The fourth-order valence-corrected chi connectivity index (χ4v) is 2.13. The maximum Gasteiger partial charge on any atom is 0.255 e. The van der Waals surface area contributed by atoms with Crippen molar-refractivity contribution in [2.75, 3.05) is 7.11 Å². The lowest BCUT2D eigenvalue weighted by molar-refractivity contribution is 0.0947. The van der Waals surface area contributed by atoms with Gasteiger partial charge >= 0.3 is 0 Å². The second-order valence-electron chi connectivity index (χ2n) is 3.69. The van der Waals surface area contributed by atoms with Gasteiger partial charge in [-0.15, -0.1) is 0 Å². The Labute approximate surface area is 128 Å². The number of carbonyl (C=O) groups is 1. The molecule has 1 heterocycles. The molecule has 0 radical (unpaired) electrons. The van der Waals surface area contributed by atoms with Gasteiger partial charge < -0.3 is 15.0 Å². The number of rotatable bonds is 4. The molecule has 1 amide bonds. The molecule has 2 N–H and O–H groups in total. The molecule has 0 fully saturated rings. The Balaban J connectivity index is 2.16. The van der Waals surface area contributed by atoms with Crippen LogP contribution in [-0.4, -0.2) is 23.0 Å². The lowest BCUT2D eigenvalue weighted by Crippen LogP contribution is -2.24. The van der Waals surface area contributed by atoms with Crippen molar-refractivity contribution in [2.45, 2.75) is 6.54 Å². The monoisotopic (exact) mass is 391 g/mol. The molecule has 0 saturated carbocycles. The molecule has 2 rings (SSSR count). The molecule has 7 heteroatoms. The van der Waals surface area contributed by atoms with E-state index in [0.29, 0.717) is 28.7 Å². The SMILES string of the molecule is COc1cc(I)c(Cl)cc1C(=O)NCc1ncc[nH]1. The molecule has 0 unspecified atom stereocenters. The Hall–Kier alpha value is -1.28. The number of amides is 1. The van der Waals surface area contributed by atoms with Crippen LogP contribution in [0.2, 0.25) is 5.02 Å². The van der Waals surface area contributed by atoms with Crippen LogP contribution >= 0.6 is 34.2 Å². The summed E-state index contributed by atoms with van der Waals surface area (Å²) in [5.41, 5.74) is 0.402. The van der Waals surface area contributed by atoms with Gasteiger partial charge in [-0.05, 0) is 34.7 Å². The summed E-state index contributed by atoms with van der Waals surface area (Å²) in [5.74, 6) is 0.918. The first-order valence-electron chi connectivity index (χ1n) is 5.41. The van der Waals surface area contributed by atoms with Gasteiger partial charge in [0.15, 0.2) is 0 Å². The number of imidazole rings is 1. The summed E-state index contributed by atoms with van der Waals surface area (Å²) in [6, 6.07) is 3.32. The lowest BCUT2D eigenvalue weighted by Gasteiger charge is -2.10. The fourth-order valence-electron chi connectivity index (χ4n) is 1.53. The highest BCUT2D eigenvalue weighted by atomic mass is 127. The Morgan fingerprint density at radius 2 is 2.37 bits per heavy atom. The second-order valence-corrected chi connectivity index (χ2v) is 5.25. The predicted molar refractivity (Wildman–Crippen MR) is 80.5 cm³/mol. The first-order chi connectivity index (χ1) is 9.11. The van der Waals surface area contributed by atoms with E-state index in [1.54, 1.807) is 24.5 Å². The minimum absolute atomic E-state index is 0.258. The number of nitrogens with one attached hydrogen (secondary N) is 2. The third kappa shape index (κ3) is 3.38. The molecule has 0 aliphatic heterocycles. The fraction of sp³-hybridized carbons (Fsp3) is 0.167. The third-order valence-corrected chi connectivity index (χ3v) is 3.98. The summed E-state index contributed by atoms with van der Waals surface area (Å²) < 4.78 is 6.02. The van der Waals surface area contributed by atoms with Crippen LogP contribution in [-0.2, 0) is 6.54 Å². The van der Waals surface area contributed by atoms with Crippen molar-refractivity contribution in [3.05, 3.63) is 44.5 Å². The van der Waals surface area contributed by atoms with E-state index >= 15 is 0 Å². The van der Waals surface area contributed by atoms with Gasteiger partial charge in [0.2, 0.25) is 0 Å². The molecule has 19 heavy (non-hydrogen) atoms. The van der Waals surface area contributed by atoms with E-state index in [2.05, 4.69) is 37.9 Å². The number of hydrogen-bond donors (Lipinski definition) is 2. The van der Waals surface area contributed by atoms with Gasteiger partial charge in [-0.25, -0.2) is 4.98 Å². The van der Waals surface area contributed by atoms with Crippen LogP contribution in [0.1, 0.15) is 16.2 Å². The van der Waals surface area contributed by atoms with Crippen molar-refractivity contribution in [3.63, 3.8) is 0 Å². The van der Waals surface area contributed by atoms with E-state index in [0.717, 1.165) is 3.57 Å². The number of benzene rings is 1. The smallest absolute Gasteiger partial charge is 0.255 e. The lowest BCUT2D eigenvalue weighted by atomic mass is 10.2. The standard InChI is InChI=1S/C12H11ClIN3O2/c1-19-10-5-9(14)8(13)4-7(10)12(18)17-6-11-15-2-3-16-11/h2-5H,6H2,1H3,(H,15,16)(H,17,18). The number of methoxy groups -OCH3 is 1. The van der Waals surface area contributed by atoms with E-state index < -0.39 is 0 Å². The topological polar surface area (TPSA) is 67.0 Å². The van der Waals surface area contributed by atoms with Crippen LogP contribution in [0, 0.1) is 3.57 Å². The highest BCUT2D eigenvalue weighted by Crippen LogP contribution is 2.28. The largest absolute Gasteiger partial charge is 0.496 e. The zero-order valence-electron chi connectivity index (χ0n) is 10.0. The van der Waals surface area contributed by atoms with Gasteiger partial charge in [0.25, 0.3) is 5.91 Å². The molecule has 100 valence electrons. The normalized spacial score (nSPS) is 10.3. The minimum Gasteiger partial charge on any atom is -0.496 e. The van der Waals surface area contributed by atoms with E-state index in [1.165, 1.54) is 7.11 Å². The number of halogens is 2. The van der Waals surface area contributed by atoms with Gasteiger partial charge in [-0.1, -0.05) is 11.6 Å². The molecule has 0 spiro atoms. The van der Waals surface area contributed by atoms with Gasteiger partial charge in [0.05, 0.1) is 24.2 Å². The van der Waals surface area contributed by atoms with Crippen LogP contribution in [0.15, 0.2) is 24.5 Å². The van der Waals surface area contributed by atoms with Crippen LogP contribution < -0.4 is 10.1 Å². The summed E-state index contributed by atoms with van der Waals surface area (Å²) in [6.07, 6.45) is 3.33. The van der Waals surface area contributed by atoms with Gasteiger partial charge in [-0.3, -0.25) is 4.79 Å². The third-order valence-electron chi connectivity index (χ3n) is 2.46. The zero-order valence-corrected chi connectivity index (χ0v) is 12.9. The number of hydrogen-bond acceptors (Lipinski definition) is 3. The number of carbonyl (C=O) groups excluding carboxylic acids is 1.